The second-order valence-electron chi connectivity index (χ2n) is 4.20. The molecule has 0 radical (unpaired) electrons. The third-order valence-electron chi connectivity index (χ3n) is 2.44. The first kappa shape index (κ1) is 17.1. The van der Waals surface area contributed by atoms with Crippen molar-refractivity contribution in [1.82, 2.24) is 4.98 Å². The molecule has 0 aliphatic rings. The molecule has 1 aromatic carbocycles. The maximum atomic E-state index is 12.3. The van der Waals surface area contributed by atoms with Gasteiger partial charge in [-0.25, -0.2) is 13.4 Å². The number of hydrogen-bond acceptors (Lipinski definition) is 8. The Bertz CT molecular complexity index is 868. The van der Waals surface area contributed by atoms with Crippen molar-refractivity contribution < 1.29 is 13.2 Å². The predicted octanol–water partition coefficient (Wildman–Crippen LogP) is 2.06. The molecule has 2 rings (SSSR count). The number of thiazole rings is 1. The van der Waals surface area contributed by atoms with Crippen molar-refractivity contribution in [3.8, 4) is 5.40 Å². The minimum absolute atomic E-state index is 0.0254. The van der Waals surface area contributed by atoms with E-state index in [0.717, 1.165) is 23.1 Å². The second kappa shape index (κ2) is 6.86. The van der Waals surface area contributed by atoms with Crippen LogP contribution in [-0.4, -0.2) is 19.3 Å². The van der Waals surface area contributed by atoms with Crippen molar-refractivity contribution in [1.29, 1.82) is 5.26 Å². The Morgan fingerprint density at radius 1 is 1.39 bits per heavy atom. The molecule has 120 valence electrons. The average Bonchev–Trinajstić information content (AvgIpc) is 2.79. The zero-order valence-electron chi connectivity index (χ0n) is 11.7. The lowest BCUT2D eigenvalue weighted by Crippen LogP contribution is -2.12. The lowest BCUT2D eigenvalue weighted by Gasteiger charge is -2.05. The van der Waals surface area contributed by atoms with Crippen LogP contribution in [0.25, 0.3) is 0 Å². The van der Waals surface area contributed by atoms with Crippen LogP contribution in [0.3, 0.4) is 0 Å². The van der Waals surface area contributed by atoms with E-state index in [1.165, 1.54) is 31.2 Å². The number of aromatic nitrogens is 1. The van der Waals surface area contributed by atoms with E-state index in [-0.39, 0.29) is 21.0 Å². The first-order chi connectivity index (χ1) is 10.8. The van der Waals surface area contributed by atoms with E-state index in [1.807, 2.05) is 5.40 Å². The molecule has 11 heteroatoms. The monoisotopic (exact) mass is 369 g/mol. The Kier molecular flexibility index (Phi) is 5.09. The van der Waals surface area contributed by atoms with Gasteiger partial charge in [-0.3, -0.25) is 9.52 Å². The van der Waals surface area contributed by atoms with E-state index in [0.29, 0.717) is 10.7 Å². The lowest BCUT2D eigenvalue weighted by molar-refractivity contribution is -0.114. The Hall–Kier alpha value is -2.29. The van der Waals surface area contributed by atoms with E-state index >= 15 is 0 Å². The number of thioether (sulfide) groups is 1. The van der Waals surface area contributed by atoms with Crippen molar-refractivity contribution in [3.63, 3.8) is 0 Å². The maximum absolute atomic E-state index is 12.3. The third kappa shape index (κ3) is 4.35. The lowest BCUT2D eigenvalue weighted by atomic mass is 10.3. The molecule has 1 amide bonds. The molecule has 0 bridgehead atoms. The number of nitrogens with one attached hydrogen (secondary N) is 2. The smallest absolute Gasteiger partial charge is 0.263 e. The summed E-state index contributed by atoms with van der Waals surface area (Å²) in [5.74, 6) is -0.346. The van der Waals surface area contributed by atoms with Gasteiger partial charge in [0.15, 0.2) is 5.13 Å². The number of hydrogen-bond donors (Lipinski definition) is 3. The maximum Gasteiger partial charge on any atom is 0.263 e. The Balaban J connectivity index is 2.30. The molecular weight excluding hydrogens is 358 g/mol. The molecule has 1 heterocycles. The highest BCUT2D eigenvalue weighted by molar-refractivity contribution is 8.04. The number of sulfonamides is 1. The number of nitriles is 1. The third-order valence-corrected chi connectivity index (χ3v) is 5.52. The molecule has 8 nitrogen and oxygen atoms in total. The van der Waals surface area contributed by atoms with Crippen molar-refractivity contribution in [2.45, 2.75) is 16.8 Å². The minimum Gasteiger partial charge on any atom is -0.399 e. The van der Waals surface area contributed by atoms with Crippen LogP contribution in [0.5, 0.6) is 0 Å². The summed E-state index contributed by atoms with van der Waals surface area (Å²) in [5.41, 5.74) is 5.97. The fourth-order valence-corrected chi connectivity index (χ4v) is 4.24. The highest BCUT2D eigenvalue weighted by Crippen LogP contribution is 2.35. The molecule has 1 aromatic heterocycles. The molecule has 0 atom stereocenters. The van der Waals surface area contributed by atoms with Crippen molar-refractivity contribution in [2.75, 3.05) is 15.8 Å². The van der Waals surface area contributed by atoms with Crippen LogP contribution in [0.2, 0.25) is 0 Å². The number of anilines is 3. The Labute approximate surface area is 140 Å². The molecule has 0 saturated heterocycles. The number of nitrogens with two attached hydrogens (primary N) is 1. The number of nitrogen functional groups attached to an aromatic ring is 1. The van der Waals surface area contributed by atoms with Gasteiger partial charge in [-0.1, -0.05) is 11.3 Å². The topological polar surface area (TPSA) is 138 Å². The summed E-state index contributed by atoms with van der Waals surface area (Å²) in [4.78, 5) is 15.2. The van der Waals surface area contributed by atoms with Crippen LogP contribution < -0.4 is 15.8 Å². The van der Waals surface area contributed by atoms with E-state index in [9.17, 15) is 13.2 Å². The largest absolute Gasteiger partial charge is 0.399 e. The molecule has 0 unspecified atom stereocenters. The summed E-state index contributed by atoms with van der Waals surface area (Å²) in [5, 5.41) is 13.6. The highest BCUT2D eigenvalue weighted by atomic mass is 32.2. The normalized spacial score (nSPS) is 10.8. The van der Waals surface area contributed by atoms with Gasteiger partial charge >= 0.3 is 0 Å². The predicted molar refractivity (Wildman–Crippen MR) is 89.6 cm³/mol. The van der Waals surface area contributed by atoms with Gasteiger partial charge in [-0.05, 0) is 24.3 Å². The molecule has 0 aliphatic heterocycles. The van der Waals surface area contributed by atoms with Crippen LogP contribution in [0, 0.1) is 10.7 Å². The fourth-order valence-electron chi connectivity index (χ4n) is 1.52. The summed E-state index contributed by atoms with van der Waals surface area (Å²) in [6.07, 6.45) is 0. The average molecular weight is 369 g/mol. The summed E-state index contributed by atoms with van der Waals surface area (Å²) in [6, 6.07) is 5.67. The van der Waals surface area contributed by atoms with Gasteiger partial charge in [0.1, 0.15) is 15.4 Å². The van der Waals surface area contributed by atoms with Gasteiger partial charge in [0.05, 0.1) is 4.90 Å². The van der Waals surface area contributed by atoms with E-state index in [2.05, 4.69) is 15.0 Å². The molecule has 0 fully saturated rings. The highest BCUT2D eigenvalue weighted by Gasteiger charge is 2.19. The van der Waals surface area contributed by atoms with Gasteiger partial charge in [-0.2, -0.15) is 5.26 Å². The van der Waals surface area contributed by atoms with Crippen LogP contribution in [0.1, 0.15) is 6.92 Å². The molecule has 0 aliphatic carbocycles. The summed E-state index contributed by atoms with van der Waals surface area (Å²) in [6.45, 7) is 1.30. The van der Waals surface area contributed by atoms with Crippen LogP contribution >= 0.6 is 23.1 Å². The summed E-state index contributed by atoms with van der Waals surface area (Å²) in [7, 11) is -3.84. The first-order valence-electron chi connectivity index (χ1n) is 6.04. The number of thiocyanates is 1. The van der Waals surface area contributed by atoms with Gasteiger partial charge in [0.25, 0.3) is 10.0 Å². The standard InChI is InChI=1S/C12H11N5O3S3/c1-7(18)15-11-10(21-6-13)16-12(22-11)17-23(19,20)9-4-2-8(14)3-5-9/h2-5H,14H2,1H3,(H,15,18)(H,16,17). The SMILES string of the molecule is CC(=O)Nc1sc(NS(=O)(=O)c2ccc(N)cc2)nc1SC#N. The number of carbonyl (C=O) groups is 1. The van der Waals surface area contributed by atoms with Crippen molar-refractivity contribution in [3.05, 3.63) is 24.3 Å². The van der Waals surface area contributed by atoms with Crippen LogP contribution in [0.15, 0.2) is 34.2 Å². The van der Waals surface area contributed by atoms with Crippen LogP contribution in [0.4, 0.5) is 15.8 Å². The van der Waals surface area contributed by atoms with Crippen molar-refractivity contribution in [2.24, 2.45) is 0 Å². The number of benzene rings is 1. The number of rotatable bonds is 5. The van der Waals surface area contributed by atoms with Crippen molar-refractivity contribution >= 4 is 54.8 Å². The van der Waals surface area contributed by atoms with Gasteiger partial charge in [-0.15, -0.1) is 0 Å². The summed E-state index contributed by atoms with van der Waals surface area (Å²) < 4.78 is 26.8. The molecular formula is C12H11N5O3S3. The quantitative estimate of drug-likeness (QED) is 0.416. The van der Waals surface area contributed by atoms with Gasteiger partial charge < -0.3 is 11.1 Å². The Morgan fingerprint density at radius 3 is 2.61 bits per heavy atom. The molecule has 0 saturated carbocycles. The second-order valence-corrected chi connectivity index (χ2v) is 7.66. The summed E-state index contributed by atoms with van der Waals surface area (Å²) >= 11 is 1.65. The fraction of sp³-hybridized carbons (Fsp3) is 0.0833. The van der Waals surface area contributed by atoms with E-state index in [1.54, 1.807) is 0 Å². The zero-order valence-corrected chi connectivity index (χ0v) is 14.2. The van der Waals surface area contributed by atoms with Gasteiger partial charge in [0, 0.05) is 24.4 Å². The van der Waals surface area contributed by atoms with E-state index < -0.39 is 10.0 Å². The molecule has 2 aromatic rings. The van der Waals surface area contributed by atoms with Crippen LogP contribution in [-0.2, 0) is 14.8 Å². The number of amides is 1. The molecule has 4 N–H and O–H groups in total. The molecule has 23 heavy (non-hydrogen) atoms. The first-order valence-corrected chi connectivity index (χ1v) is 9.16. The minimum atomic E-state index is -3.84. The zero-order chi connectivity index (χ0) is 17.0. The number of nitrogens with zero attached hydrogens (tertiary/aromatic N) is 2. The van der Waals surface area contributed by atoms with Gasteiger partial charge in [0.2, 0.25) is 5.91 Å². The number of carbonyl (C=O) groups excluding carboxylic acids is 1. The molecule has 0 spiro atoms. The van der Waals surface area contributed by atoms with E-state index in [4.69, 9.17) is 11.0 Å². The Morgan fingerprint density at radius 2 is 2.04 bits per heavy atom.